The molecule has 0 saturated carbocycles. The van der Waals surface area contributed by atoms with E-state index < -0.39 is 27.1 Å². The molecule has 6 aliphatic carbocycles. The third kappa shape index (κ3) is 9.66. The summed E-state index contributed by atoms with van der Waals surface area (Å²) in [6.45, 7) is 0. The van der Waals surface area contributed by atoms with Crippen LogP contribution in [-0.2, 0) is 27.1 Å². The van der Waals surface area contributed by atoms with Crippen molar-refractivity contribution in [3.63, 3.8) is 0 Å². The van der Waals surface area contributed by atoms with Crippen LogP contribution in [0.3, 0.4) is 0 Å². The van der Waals surface area contributed by atoms with E-state index in [0.29, 0.717) is 0 Å². The van der Waals surface area contributed by atoms with Crippen LogP contribution in [0.1, 0.15) is 111 Å². The van der Waals surface area contributed by atoms with Gasteiger partial charge in [-0.05, 0) is 271 Å². The van der Waals surface area contributed by atoms with E-state index in [1.807, 2.05) is 0 Å². The molecule has 0 unspecified atom stereocenters. The van der Waals surface area contributed by atoms with Crippen molar-refractivity contribution in [3.05, 3.63) is 597 Å². The fourth-order valence-electron chi connectivity index (χ4n) is 24.4. The molecule has 26 rings (SSSR count). The Hall–Kier alpha value is -15.6. The summed E-state index contributed by atoms with van der Waals surface area (Å²) in [6, 6.07) is 187. The lowest BCUT2D eigenvalue weighted by Crippen LogP contribution is -2.28. The SMILES string of the molecule is c1ccc(C2(c3ccccc3)c3ccccc3-c3ccc(-c4ccc5c(c4)C4(c6cc(-c7ccc8c(c7)C(c7ccccc7)(c7ccccc7)c7ccccc7-8)ccc6-5)c5cc(-c6ccc7c(c6)C(c6ccccc6)(c6ccccc6)c6ccccc6-7)ccc5-c5ccc(-c6ccc7c(c6)C(c6ccccc6)(c6ccccc6)c6ccccc6-7)cc54)cc32)cc1. The van der Waals surface area contributed by atoms with Crippen LogP contribution >= 0.6 is 0 Å². The smallest absolute Gasteiger partial charge is 0.0622 e. The second-order valence-electron chi connectivity index (χ2n) is 34.9. The third-order valence-electron chi connectivity index (χ3n) is 29.4. The highest BCUT2D eigenvalue weighted by Gasteiger charge is 2.55. The molecule has 0 bridgehead atoms. The van der Waals surface area contributed by atoms with E-state index in [0.717, 1.165) is 22.3 Å². The first kappa shape index (κ1) is 71.2. The van der Waals surface area contributed by atoms with Crippen molar-refractivity contribution in [2.24, 2.45) is 0 Å². The monoisotopic (exact) mass is 1580 g/mol. The van der Waals surface area contributed by atoms with Crippen molar-refractivity contribution in [2.45, 2.75) is 27.1 Å². The molecule has 0 aromatic heterocycles. The number of fused-ring (bicyclic) bond motifs is 22. The first-order chi connectivity index (χ1) is 62.0. The minimum Gasteiger partial charge on any atom is -0.0622 e. The van der Waals surface area contributed by atoms with Gasteiger partial charge < -0.3 is 0 Å². The summed E-state index contributed by atoms with van der Waals surface area (Å²) in [5.74, 6) is 0. The number of hydrogen-bond donors (Lipinski definition) is 0. The molecule has 125 heavy (non-hydrogen) atoms. The van der Waals surface area contributed by atoms with Crippen LogP contribution in [0.5, 0.6) is 0 Å². The van der Waals surface area contributed by atoms with Crippen molar-refractivity contribution in [3.8, 4) is 111 Å². The maximum Gasteiger partial charge on any atom is 0.0726 e. The molecular formula is C125H80. The second kappa shape index (κ2) is 27.2. The van der Waals surface area contributed by atoms with Gasteiger partial charge in [-0.3, -0.25) is 0 Å². The van der Waals surface area contributed by atoms with Crippen LogP contribution in [-0.4, -0.2) is 0 Å². The molecule has 0 heteroatoms. The molecular weight excluding hydrogens is 1500 g/mol. The quantitative estimate of drug-likeness (QED) is 0.114. The van der Waals surface area contributed by atoms with Crippen LogP contribution < -0.4 is 0 Å². The average Bonchev–Trinajstić information content (AvgIpc) is 1.50. The van der Waals surface area contributed by atoms with Gasteiger partial charge in [0.2, 0.25) is 0 Å². The standard InChI is InChI=1S/C125H80/c1-9-33-89(34-10-1)121(90-35-11-2-12-36-90)109-53-29-25-49-97(109)101-65-57-81(73-113(101)121)85-61-69-105-106-70-62-86(82-58-66-102-98-50-26-30-54-110(98)122(114(102)74-82,91-37-13-3-14-38-91)92-39-15-4-16-40-92)78-118(106)125(117(105)77-85)119-79-87(83-59-67-103-99-51-27-31-55-111(99)123(115(103)75-83,93-41-17-5-18-42-93)94-43-19-6-20-44-94)63-71-107(119)108-72-64-88(80-120(108)125)84-60-68-104-100-52-28-32-56-112(100)124(116(104)76-84,95-45-21-7-22-46-95)96-47-23-8-24-48-96/h1-80H. The van der Waals surface area contributed by atoms with Gasteiger partial charge in [0, 0.05) is 0 Å². The molecule has 0 aliphatic heterocycles. The molecule has 6 aliphatic rings. The van der Waals surface area contributed by atoms with Gasteiger partial charge in [-0.25, -0.2) is 0 Å². The molecule has 0 radical (unpaired) electrons. The molecule has 0 saturated heterocycles. The predicted octanol–water partition coefficient (Wildman–Crippen LogP) is 30.2. The predicted molar refractivity (Wildman–Crippen MR) is 514 cm³/mol. The van der Waals surface area contributed by atoms with Crippen LogP contribution in [0.25, 0.3) is 111 Å². The summed E-state index contributed by atoms with van der Waals surface area (Å²) < 4.78 is 0. The Morgan fingerprint density at radius 1 is 0.0880 bits per heavy atom. The Balaban J connectivity index is 0.747. The topological polar surface area (TPSA) is 0 Å². The molecule has 0 fully saturated rings. The van der Waals surface area contributed by atoms with E-state index in [4.69, 9.17) is 0 Å². The summed E-state index contributed by atoms with van der Waals surface area (Å²) >= 11 is 0. The van der Waals surface area contributed by atoms with Gasteiger partial charge in [0.15, 0.2) is 0 Å². The Kier molecular flexibility index (Phi) is 15.5. The molecule has 0 atom stereocenters. The highest BCUT2D eigenvalue weighted by Crippen LogP contribution is 2.68. The maximum atomic E-state index is 2.63. The van der Waals surface area contributed by atoms with E-state index in [1.54, 1.807) is 0 Å². The Morgan fingerprint density at radius 2 is 0.208 bits per heavy atom. The van der Waals surface area contributed by atoms with Gasteiger partial charge in [-0.2, -0.15) is 0 Å². The fraction of sp³-hybridized carbons (Fsp3) is 0.0400. The van der Waals surface area contributed by atoms with Crippen LogP contribution in [0.15, 0.2) is 485 Å². The number of rotatable bonds is 12. The summed E-state index contributed by atoms with van der Waals surface area (Å²) in [5, 5.41) is 0. The van der Waals surface area contributed by atoms with E-state index in [1.165, 1.54) is 200 Å². The second-order valence-corrected chi connectivity index (χ2v) is 34.9. The molecule has 1 spiro atoms. The summed E-state index contributed by atoms with van der Waals surface area (Å²) in [6.07, 6.45) is 0. The van der Waals surface area contributed by atoms with Crippen molar-refractivity contribution >= 4 is 0 Å². The molecule has 0 heterocycles. The fourth-order valence-corrected chi connectivity index (χ4v) is 24.4. The Bertz CT molecular complexity index is 6700. The van der Waals surface area contributed by atoms with Gasteiger partial charge in [0.1, 0.15) is 0 Å². The van der Waals surface area contributed by atoms with E-state index >= 15 is 0 Å². The summed E-state index contributed by atoms with van der Waals surface area (Å²) in [5.41, 5.74) is 46.4. The zero-order valence-electron chi connectivity index (χ0n) is 68.7. The maximum absolute atomic E-state index is 2.63. The third-order valence-corrected chi connectivity index (χ3v) is 29.4. The van der Waals surface area contributed by atoms with Crippen molar-refractivity contribution in [1.29, 1.82) is 0 Å². The van der Waals surface area contributed by atoms with E-state index in [9.17, 15) is 0 Å². The van der Waals surface area contributed by atoms with Gasteiger partial charge >= 0.3 is 0 Å². The van der Waals surface area contributed by atoms with Gasteiger partial charge in [0.25, 0.3) is 0 Å². The minimum atomic E-state index is -0.904. The van der Waals surface area contributed by atoms with Crippen LogP contribution in [0.4, 0.5) is 0 Å². The normalized spacial score (nSPS) is 14.7. The molecule has 0 nitrogen and oxygen atoms in total. The molecule has 580 valence electrons. The highest BCUT2D eigenvalue weighted by molar-refractivity contribution is 6.01. The van der Waals surface area contributed by atoms with Crippen molar-refractivity contribution in [2.75, 3.05) is 0 Å². The molecule has 20 aromatic rings. The first-order valence-corrected chi connectivity index (χ1v) is 44.0. The zero-order chi connectivity index (χ0) is 82.2. The van der Waals surface area contributed by atoms with Crippen LogP contribution in [0.2, 0.25) is 0 Å². The highest BCUT2D eigenvalue weighted by atomic mass is 14.6. The lowest BCUT2D eigenvalue weighted by Gasteiger charge is -2.34. The van der Waals surface area contributed by atoms with Gasteiger partial charge in [-0.1, -0.05) is 437 Å². The summed E-state index contributed by atoms with van der Waals surface area (Å²) in [4.78, 5) is 0. The molecule has 20 aromatic carbocycles. The minimum absolute atomic E-state index is 0.599. The average molecular weight is 1580 g/mol. The summed E-state index contributed by atoms with van der Waals surface area (Å²) in [7, 11) is 0. The van der Waals surface area contributed by atoms with Crippen molar-refractivity contribution < 1.29 is 0 Å². The zero-order valence-corrected chi connectivity index (χ0v) is 68.7. The van der Waals surface area contributed by atoms with Crippen molar-refractivity contribution in [1.82, 2.24) is 0 Å². The lowest BCUT2D eigenvalue weighted by atomic mass is 9.67. The first-order valence-electron chi connectivity index (χ1n) is 44.0. The molecule has 0 amide bonds. The number of hydrogen-bond acceptors (Lipinski definition) is 0. The van der Waals surface area contributed by atoms with Gasteiger partial charge in [0.05, 0.1) is 27.1 Å². The van der Waals surface area contributed by atoms with E-state index in [-0.39, 0.29) is 0 Å². The largest absolute Gasteiger partial charge is 0.0726 e. The number of benzene rings is 20. The lowest BCUT2D eigenvalue weighted by molar-refractivity contribution is 0.768. The van der Waals surface area contributed by atoms with Crippen LogP contribution in [0, 0.1) is 0 Å². The van der Waals surface area contributed by atoms with E-state index in [2.05, 4.69) is 485 Å². The Morgan fingerprint density at radius 3 is 0.360 bits per heavy atom. The molecule has 0 N–H and O–H groups in total. The Labute approximate surface area is 729 Å². The van der Waals surface area contributed by atoms with Gasteiger partial charge in [-0.15, -0.1) is 0 Å².